The van der Waals surface area contributed by atoms with E-state index < -0.39 is 17.7 Å². The fraction of sp³-hybridized carbons (Fsp3) is 0.360. The minimum Gasteiger partial charge on any atom is -0.507 e. The number of methoxy groups -OCH3 is 1. The first kappa shape index (κ1) is 22.8. The average molecular weight is 454 g/mol. The van der Waals surface area contributed by atoms with Crippen LogP contribution in [0, 0.1) is 6.92 Å². The molecule has 0 aliphatic carbocycles. The van der Waals surface area contributed by atoms with Crippen LogP contribution in [-0.2, 0) is 14.3 Å². The number of benzene rings is 2. The van der Waals surface area contributed by atoms with Gasteiger partial charge in [-0.05, 0) is 24.6 Å². The van der Waals surface area contributed by atoms with E-state index in [1.165, 1.54) is 23.0 Å². The van der Waals surface area contributed by atoms with Crippen molar-refractivity contribution in [1.82, 2.24) is 4.90 Å². The summed E-state index contributed by atoms with van der Waals surface area (Å²) < 4.78 is 10.7. The number of nitrogens with zero attached hydrogens (tertiary/aromatic N) is 1. The van der Waals surface area contributed by atoms with Gasteiger partial charge in [0.1, 0.15) is 18.8 Å². The van der Waals surface area contributed by atoms with E-state index >= 15 is 0 Å². The lowest BCUT2D eigenvalue weighted by molar-refractivity contribution is -0.907. The summed E-state index contributed by atoms with van der Waals surface area (Å²) in [5.74, 6) is -1.40. The number of ether oxygens (including phenoxy) is 2. The Kier molecular flexibility index (Phi) is 6.67. The van der Waals surface area contributed by atoms with Crippen molar-refractivity contribution in [2.24, 2.45) is 0 Å². The Morgan fingerprint density at radius 3 is 2.52 bits per heavy atom. The zero-order valence-corrected chi connectivity index (χ0v) is 18.8. The Hall–Kier alpha value is -3.36. The molecular formula is C25H29N2O6+. The van der Waals surface area contributed by atoms with Crippen LogP contribution in [0.4, 0.5) is 0 Å². The maximum Gasteiger partial charge on any atom is 0.295 e. The van der Waals surface area contributed by atoms with E-state index in [1.807, 2.05) is 19.1 Å². The molecule has 1 amide bonds. The number of quaternary nitrogens is 1. The van der Waals surface area contributed by atoms with Gasteiger partial charge in [-0.25, -0.2) is 0 Å². The number of hydrogen-bond donors (Lipinski definition) is 3. The Morgan fingerprint density at radius 2 is 1.85 bits per heavy atom. The molecule has 0 saturated carbocycles. The number of morpholine rings is 1. The quantitative estimate of drug-likeness (QED) is 0.343. The van der Waals surface area contributed by atoms with Crippen LogP contribution in [0.1, 0.15) is 22.7 Å². The number of Topliss-reactive ketones (excluding diaryl/α,β-unsaturated/α-hetero) is 1. The van der Waals surface area contributed by atoms with Gasteiger partial charge in [-0.3, -0.25) is 9.59 Å². The average Bonchev–Trinajstić information content (AvgIpc) is 3.08. The predicted molar refractivity (Wildman–Crippen MR) is 121 cm³/mol. The molecule has 0 bridgehead atoms. The van der Waals surface area contributed by atoms with Gasteiger partial charge in [0.25, 0.3) is 11.7 Å². The SMILES string of the molecule is COc1cc(C2C(=C(O)c3ccc(C)cc3)C(=O)C(=O)N2CC[NH+]2CCOCC2)ccc1O. The summed E-state index contributed by atoms with van der Waals surface area (Å²) in [7, 11) is 1.43. The maximum atomic E-state index is 13.1. The molecule has 2 aliphatic rings. The van der Waals surface area contributed by atoms with E-state index in [0.29, 0.717) is 37.4 Å². The van der Waals surface area contributed by atoms with E-state index in [2.05, 4.69) is 0 Å². The molecule has 2 fully saturated rings. The lowest BCUT2D eigenvalue weighted by Crippen LogP contribution is -3.14. The van der Waals surface area contributed by atoms with Crippen molar-refractivity contribution in [2.75, 3.05) is 46.5 Å². The summed E-state index contributed by atoms with van der Waals surface area (Å²) >= 11 is 0. The third-order valence-corrected chi connectivity index (χ3v) is 6.29. The van der Waals surface area contributed by atoms with Gasteiger partial charge in [-0.15, -0.1) is 0 Å². The van der Waals surface area contributed by atoms with Gasteiger partial charge in [0, 0.05) is 5.56 Å². The summed E-state index contributed by atoms with van der Waals surface area (Å²) in [6.45, 7) is 5.95. The molecular weight excluding hydrogens is 424 g/mol. The van der Waals surface area contributed by atoms with Crippen LogP contribution in [0.15, 0.2) is 48.0 Å². The van der Waals surface area contributed by atoms with Crippen molar-refractivity contribution < 1.29 is 34.2 Å². The van der Waals surface area contributed by atoms with Crippen molar-refractivity contribution in [2.45, 2.75) is 13.0 Å². The fourth-order valence-corrected chi connectivity index (χ4v) is 4.38. The molecule has 2 aromatic carbocycles. The number of aliphatic hydroxyl groups excluding tert-OH is 1. The number of amides is 1. The van der Waals surface area contributed by atoms with Crippen LogP contribution < -0.4 is 9.64 Å². The second kappa shape index (κ2) is 9.64. The molecule has 0 aromatic heterocycles. The Labute approximate surface area is 192 Å². The standard InChI is InChI=1S/C25H28N2O6/c1-16-3-5-17(6-4-16)23(29)21-22(18-7-8-19(28)20(15-18)32-2)27(25(31)24(21)30)10-9-26-11-13-33-14-12-26/h3-8,15,22,28-29H,9-14H2,1-2H3/p+1. The third kappa shape index (κ3) is 4.58. The zero-order chi connectivity index (χ0) is 23.5. The number of likely N-dealkylation sites (tertiary alicyclic amines) is 1. The van der Waals surface area contributed by atoms with Gasteiger partial charge in [-0.2, -0.15) is 0 Å². The van der Waals surface area contributed by atoms with Gasteiger partial charge in [-0.1, -0.05) is 35.9 Å². The Bertz CT molecular complexity index is 1070. The summed E-state index contributed by atoms with van der Waals surface area (Å²) in [4.78, 5) is 29.0. The molecule has 3 N–H and O–H groups in total. The molecule has 0 radical (unpaired) electrons. The normalized spacial score (nSPS) is 20.9. The van der Waals surface area contributed by atoms with Gasteiger partial charge in [0.05, 0.1) is 45.0 Å². The van der Waals surface area contributed by atoms with E-state index in [1.54, 1.807) is 24.3 Å². The first-order valence-electron chi connectivity index (χ1n) is 11.0. The molecule has 2 heterocycles. The van der Waals surface area contributed by atoms with Crippen LogP contribution in [0.2, 0.25) is 0 Å². The lowest BCUT2D eigenvalue weighted by atomic mass is 9.94. The Morgan fingerprint density at radius 1 is 1.15 bits per heavy atom. The predicted octanol–water partition coefficient (Wildman–Crippen LogP) is 1.05. The molecule has 8 nitrogen and oxygen atoms in total. The molecule has 1 atom stereocenters. The minimum absolute atomic E-state index is 0.0357. The number of carbonyl (C=O) groups is 2. The van der Waals surface area contributed by atoms with Crippen LogP contribution in [-0.4, -0.2) is 73.3 Å². The number of ketones is 1. The molecule has 2 aromatic rings. The van der Waals surface area contributed by atoms with Gasteiger partial charge < -0.3 is 29.5 Å². The second-order valence-corrected chi connectivity index (χ2v) is 8.40. The van der Waals surface area contributed by atoms with E-state index in [9.17, 15) is 19.8 Å². The number of aliphatic hydroxyl groups is 1. The molecule has 2 saturated heterocycles. The van der Waals surface area contributed by atoms with Crippen molar-refractivity contribution in [3.8, 4) is 11.5 Å². The molecule has 33 heavy (non-hydrogen) atoms. The summed E-state index contributed by atoms with van der Waals surface area (Å²) in [6.07, 6.45) is 0. The van der Waals surface area contributed by atoms with Crippen LogP contribution >= 0.6 is 0 Å². The largest absolute Gasteiger partial charge is 0.507 e. The maximum absolute atomic E-state index is 13.1. The lowest BCUT2D eigenvalue weighted by Gasteiger charge is -2.29. The van der Waals surface area contributed by atoms with Crippen LogP contribution in [0.25, 0.3) is 5.76 Å². The number of hydrogen-bond acceptors (Lipinski definition) is 6. The minimum atomic E-state index is -0.791. The summed E-state index contributed by atoms with van der Waals surface area (Å²) in [6, 6.07) is 11.1. The summed E-state index contributed by atoms with van der Waals surface area (Å²) in [5.41, 5.74) is 2.09. The van der Waals surface area contributed by atoms with E-state index in [4.69, 9.17) is 9.47 Å². The van der Waals surface area contributed by atoms with Crippen molar-refractivity contribution in [3.63, 3.8) is 0 Å². The summed E-state index contributed by atoms with van der Waals surface area (Å²) in [5, 5.41) is 21.2. The monoisotopic (exact) mass is 453 g/mol. The van der Waals surface area contributed by atoms with Gasteiger partial charge in [0.15, 0.2) is 11.5 Å². The number of carbonyl (C=O) groups excluding carboxylic acids is 2. The van der Waals surface area contributed by atoms with Crippen molar-refractivity contribution in [3.05, 3.63) is 64.7 Å². The number of phenols is 1. The Balaban J connectivity index is 1.76. The molecule has 1 unspecified atom stereocenters. The first-order valence-corrected chi connectivity index (χ1v) is 11.0. The number of nitrogens with one attached hydrogen (secondary N) is 1. The highest BCUT2D eigenvalue weighted by molar-refractivity contribution is 6.46. The molecule has 0 spiro atoms. The highest BCUT2D eigenvalue weighted by atomic mass is 16.5. The van der Waals surface area contributed by atoms with Gasteiger partial charge in [0.2, 0.25) is 0 Å². The van der Waals surface area contributed by atoms with Crippen molar-refractivity contribution in [1.29, 1.82) is 0 Å². The highest BCUT2D eigenvalue weighted by Crippen LogP contribution is 2.41. The number of rotatable bonds is 6. The van der Waals surface area contributed by atoms with Gasteiger partial charge >= 0.3 is 0 Å². The molecule has 174 valence electrons. The second-order valence-electron chi connectivity index (χ2n) is 8.40. The fourth-order valence-electron chi connectivity index (χ4n) is 4.38. The van der Waals surface area contributed by atoms with E-state index in [0.717, 1.165) is 18.7 Å². The molecule has 4 rings (SSSR count). The van der Waals surface area contributed by atoms with Crippen molar-refractivity contribution >= 4 is 17.4 Å². The van der Waals surface area contributed by atoms with E-state index in [-0.39, 0.29) is 22.8 Å². The number of aryl methyl sites for hydroxylation is 1. The number of phenolic OH excluding ortho intramolecular Hbond substituents is 1. The highest BCUT2D eigenvalue weighted by Gasteiger charge is 2.46. The van der Waals surface area contributed by atoms with Crippen LogP contribution in [0.5, 0.6) is 11.5 Å². The molecule has 8 heteroatoms. The first-order chi connectivity index (χ1) is 15.9. The van der Waals surface area contributed by atoms with Crippen LogP contribution in [0.3, 0.4) is 0 Å². The molecule has 2 aliphatic heterocycles. The topological polar surface area (TPSA) is 101 Å². The smallest absolute Gasteiger partial charge is 0.295 e. The third-order valence-electron chi connectivity index (χ3n) is 6.29. The number of aromatic hydroxyl groups is 1. The zero-order valence-electron chi connectivity index (χ0n) is 18.8.